The van der Waals surface area contributed by atoms with Gasteiger partial charge in [-0.2, -0.15) is 0 Å². The van der Waals surface area contributed by atoms with Crippen molar-refractivity contribution in [1.82, 2.24) is 9.55 Å². The highest BCUT2D eigenvalue weighted by Crippen LogP contribution is 2.32. The molecule has 21 heavy (non-hydrogen) atoms. The maximum absolute atomic E-state index is 5.36. The molecule has 0 saturated carbocycles. The van der Waals surface area contributed by atoms with Crippen LogP contribution in [0.25, 0.3) is 11.0 Å². The summed E-state index contributed by atoms with van der Waals surface area (Å²) >= 11 is 0. The molecule has 0 N–H and O–H groups in total. The average Bonchev–Trinajstić information content (AvgIpc) is 3.10. The fourth-order valence-corrected chi connectivity index (χ4v) is 2.37. The molecule has 0 aliphatic carbocycles. The van der Waals surface area contributed by atoms with E-state index >= 15 is 0 Å². The summed E-state index contributed by atoms with van der Waals surface area (Å²) in [5.41, 5.74) is 2.96. The number of nitrogens with zero attached hydrogens (tertiary/aromatic N) is 3. The molecule has 0 unspecified atom stereocenters. The van der Waals surface area contributed by atoms with Gasteiger partial charge in [-0.25, -0.2) is 9.98 Å². The van der Waals surface area contributed by atoms with Crippen LogP contribution >= 0.6 is 0 Å². The van der Waals surface area contributed by atoms with Gasteiger partial charge >= 0.3 is 0 Å². The van der Waals surface area contributed by atoms with Gasteiger partial charge in [0.1, 0.15) is 0 Å². The molecule has 0 atom stereocenters. The maximum Gasteiger partial charge on any atom is 0.231 e. The first-order chi connectivity index (χ1) is 10.3. The van der Waals surface area contributed by atoms with Crippen LogP contribution in [-0.4, -0.2) is 22.6 Å². The van der Waals surface area contributed by atoms with Gasteiger partial charge in [0.25, 0.3) is 0 Å². The molecule has 3 aromatic rings. The second-order valence-electron chi connectivity index (χ2n) is 4.83. The SMILES string of the molecule is Cn1c(N=Cc2ccc3c(c2)OCO3)nc2ccccc21. The average molecular weight is 279 g/mol. The van der Waals surface area contributed by atoms with Crippen molar-refractivity contribution in [3.05, 3.63) is 48.0 Å². The van der Waals surface area contributed by atoms with Gasteiger partial charge in [0, 0.05) is 13.3 Å². The Labute approximate surface area is 121 Å². The number of ether oxygens (including phenoxy) is 2. The molecular formula is C16H13N3O2. The highest BCUT2D eigenvalue weighted by atomic mass is 16.7. The summed E-state index contributed by atoms with van der Waals surface area (Å²) in [5, 5.41) is 0. The number of imidazole rings is 1. The zero-order chi connectivity index (χ0) is 14.2. The maximum atomic E-state index is 5.36. The van der Waals surface area contributed by atoms with E-state index < -0.39 is 0 Å². The predicted molar refractivity (Wildman–Crippen MR) is 80.5 cm³/mol. The zero-order valence-electron chi connectivity index (χ0n) is 11.5. The Hall–Kier alpha value is -2.82. The van der Waals surface area contributed by atoms with E-state index in [1.807, 2.05) is 54.1 Å². The van der Waals surface area contributed by atoms with Crippen molar-refractivity contribution < 1.29 is 9.47 Å². The minimum Gasteiger partial charge on any atom is -0.454 e. The van der Waals surface area contributed by atoms with E-state index in [2.05, 4.69) is 9.98 Å². The van der Waals surface area contributed by atoms with Crippen LogP contribution in [0, 0.1) is 0 Å². The van der Waals surface area contributed by atoms with Gasteiger partial charge in [0.2, 0.25) is 12.7 Å². The first kappa shape index (κ1) is 12.0. The number of benzene rings is 2. The van der Waals surface area contributed by atoms with Crippen LogP contribution in [0.5, 0.6) is 11.5 Å². The van der Waals surface area contributed by atoms with E-state index in [9.17, 15) is 0 Å². The lowest BCUT2D eigenvalue weighted by molar-refractivity contribution is 0.174. The second kappa shape index (κ2) is 4.63. The summed E-state index contributed by atoms with van der Waals surface area (Å²) < 4.78 is 12.6. The summed E-state index contributed by atoms with van der Waals surface area (Å²) in [5.74, 6) is 2.20. The van der Waals surface area contributed by atoms with Gasteiger partial charge < -0.3 is 14.0 Å². The van der Waals surface area contributed by atoms with Crippen molar-refractivity contribution >= 4 is 23.2 Å². The molecule has 0 spiro atoms. The standard InChI is InChI=1S/C16H13N3O2/c1-19-13-5-3-2-4-12(13)18-16(19)17-9-11-6-7-14-15(8-11)21-10-20-14/h2-9H,10H2,1H3. The number of para-hydroxylation sites is 2. The Bertz CT molecular complexity index is 852. The summed E-state index contributed by atoms with van der Waals surface area (Å²) in [6.07, 6.45) is 1.78. The first-order valence-electron chi connectivity index (χ1n) is 6.66. The lowest BCUT2D eigenvalue weighted by Crippen LogP contribution is -1.92. The third-order valence-corrected chi connectivity index (χ3v) is 3.49. The van der Waals surface area contributed by atoms with Crippen LogP contribution in [0.3, 0.4) is 0 Å². The molecule has 0 saturated heterocycles. The molecule has 104 valence electrons. The van der Waals surface area contributed by atoms with Crippen molar-refractivity contribution in [3.8, 4) is 11.5 Å². The van der Waals surface area contributed by atoms with E-state index in [1.165, 1.54) is 0 Å². The molecule has 0 fully saturated rings. The number of hydrogen-bond donors (Lipinski definition) is 0. The van der Waals surface area contributed by atoms with E-state index in [1.54, 1.807) is 6.21 Å². The lowest BCUT2D eigenvalue weighted by Gasteiger charge is -1.98. The lowest BCUT2D eigenvalue weighted by atomic mass is 10.2. The molecule has 1 aliphatic heterocycles. The normalized spacial score (nSPS) is 13.4. The number of aryl methyl sites for hydroxylation is 1. The molecule has 0 radical (unpaired) electrons. The Morgan fingerprint density at radius 1 is 1.14 bits per heavy atom. The van der Waals surface area contributed by atoms with Crippen molar-refractivity contribution in [2.24, 2.45) is 12.0 Å². The second-order valence-corrected chi connectivity index (χ2v) is 4.83. The minimum atomic E-state index is 0.278. The molecule has 2 aromatic carbocycles. The fourth-order valence-electron chi connectivity index (χ4n) is 2.37. The summed E-state index contributed by atoms with van der Waals surface area (Å²) in [7, 11) is 1.96. The van der Waals surface area contributed by atoms with Crippen molar-refractivity contribution in [1.29, 1.82) is 0 Å². The van der Waals surface area contributed by atoms with Crippen LogP contribution < -0.4 is 9.47 Å². The molecule has 0 bridgehead atoms. The van der Waals surface area contributed by atoms with Gasteiger partial charge in [-0.1, -0.05) is 12.1 Å². The Morgan fingerprint density at radius 2 is 2.00 bits per heavy atom. The molecule has 4 rings (SSSR count). The molecule has 5 nitrogen and oxygen atoms in total. The van der Waals surface area contributed by atoms with E-state index in [-0.39, 0.29) is 6.79 Å². The molecule has 0 amide bonds. The Kier molecular flexibility index (Phi) is 2.64. The van der Waals surface area contributed by atoms with Crippen LogP contribution in [0.1, 0.15) is 5.56 Å². The molecule has 5 heteroatoms. The van der Waals surface area contributed by atoms with Gasteiger partial charge in [-0.05, 0) is 35.9 Å². The van der Waals surface area contributed by atoms with Crippen molar-refractivity contribution in [2.75, 3.05) is 6.79 Å². The molecule has 1 aromatic heterocycles. The predicted octanol–water partition coefficient (Wildman–Crippen LogP) is 3.05. The Balaban J connectivity index is 1.69. The van der Waals surface area contributed by atoms with Gasteiger partial charge in [0.15, 0.2) is 11.5 Å². The summed E-state index contributed by atoms with van der Waals surface area (Å²) in [4.78, 5) is 8.98. The number of aliphatic imine (C=N–C) groups is 1. The molecule has 1 aliphatic rings. The van der Waals surface area contributed by atoms with Crippen LogP contribution in [0.15, 0.2) is 47.5 Å². The zero-order valence-corrected chi connectivity index (χ0v) is 11.5. The third kappa shape index (κ3) is 2.03. The number of rotatable bonds is 2. The fraction of sp³-hybridized carbons (Fsp3) is 0.125. The van der Waals surface area contributed by atoms with Crippen LogP contribution in [0.2, 0.25) is 0 Å². The highest BCUT2D eigenvalue weighted by Gasteiger charge is 2.12. The minimum absolute atomic E-state index is 0.278. The van der Waals surface area contributed by atoms with E-state index in [4.69, 9.17) is 9.47 Å². The number of fused-ring (bicyclic) bond motifs is 2. The van der Waals surface area contributed by atoms with Crippen molar-refractivity contribution in [3.63, 3.8) is 0 Å². The Morgan fingerprint density at radius 3 is 2.90 bits per heavy atom. The topological polar surface area (TPSA) is 48.6 Å². The van der Waals surface area contributed by atoms with Gasteiger partial charge in [-0.15, -0.1) is 0 Å². The first-order valence-corrected chi connectivity index (χ1v) is 6.66. The summed E-state index contributed by atoms with van der Waals surface area (Å²) in [6.45, 7) is 0.278. The number of hydrogen-bond acceptors (Lipinski definition) is 4. The monoisotopic (exact) mass is 279 g/mol. The summed E-state index contributed by atoms with van der Waals surface area (Å²) in [6, 6.07) is 13.7. The third-order valence-electron chi connectivity index (χ3n) is 3.49. The molecule has 2 heterocycles. The van der Waals surface area contributed by atoms with Crippen LogP contribution in [-0.2, 0) is 7.05 Å². The van der Waals surface area contributed by atoms with Crippen molar-refractivity contribution in [2.45, 2.75) is 0 Å². The highest BCUT2D eigenvalue weighted by molar-refractivity contribution is 5.84. The van der Waals surface area contributed by atoms with E-state index in [0.29, 0.717) is 5.95 Å². The van der Waals surface area contributed by atoms with Crippen LogP contribution in [0.4, 0.5) is 5.95 Å². The van der Waals surface area contributed by atoms with Gasteiger partial charge in [-0.3, -0.25) is 0 Å². The quantitative estimate of drug-likeness (QED) is 0.677. The molecular weight excluding hydrogens is 266 g/mol. The largest absolute Gasteiger partial charge is 0.454 e. The van der Waals surface area contributed by atoms with E-state index in [0.717, 1.165) is 28.1 Å². The van der Waals surface area contributed by atoms with Gasteiger partial charge in [0.05, 0.1) is 11.0 Å². The smallest absolute Gasteiger partial charge is 0.231 e. The number of aromatic nitrogens is 2.